The molecule has 2 unspecified atom stereocenters. The highest BCUT2D eigenvalue weighted by Gasteiger charge is 2.47. The maximum Gasteiger partial charge on any atom is 0.327 e. The minimum absolute atomic E-state index is 0.126. The molecule has 2 fully saturated rings. The predicted octanol–water partition coefficient (Wildman–Crippen LogP) is 3.23. The molecule has 0 aliphatic carbocycles. The lowest BCUT2D eigenvalue weighted by Crippen LogP contribution is -2.50. The standard InChI is InChI=1S/C28H31N5O5S/c1-3-22(34)32-11-7-17(15-32)30-26(35)25-24-23-21(6-10-29-27(23)39-25)33(28(36)31-24)20-5-4-19(14-16(20)2)38-18-8-12-37-13-9-18/h3-6,10,14,17-18,24-25H,1,7-9,11-13,15H2,2H3,(H,30,35)(H,31,36)/t17?,24?,25-/m1/s1. The molecule has 4 aliphatic heterocycles. The molecule has 1 aromatic carbocycles. The van der Waals surface area contributed by atoms with Crippen LogP contribution in [0.15, 0.2) is 48.1 Å². The summed E-state index contributed by atoms with van der Waals surface area (Å²) in [4.78, 5) is 46.7. The largest absolute Gasteiger partial charge is 0.490 e. The molecule has 0 bridgehead atoms. The molecule has 39 heavy (non-hydrogen) atoms. The highest BCUT2D eigenvalue weighted by Crippen LogP contribution is 2.51. The van der Waals surface area contributed by atoms with Gasteiger partial charge in [-0.05, 0) is 49.2 Å². The van der Waals surface area contributed by atoms with E-state index in [2.05, 4.69) is 22.2 Å². The number of carbonyl (C=O) groups excluding carboxylic acids is 3. The first kappa shape index (κ1) is 25.7. The van der Waals surface area contributed by atoms with E-state index in [1.54, 1.807) is 16.0 Å². The van der Waals surface area contributed by atoms with E-state index in [9.17, 15) is 14.4 Å². The molecule has 2 aromatic rings. The lowest BCUT2D eigenvalue weighted by Gasteiger charge is -2.35. The van der Waals surface area contributed by atoms with Crippen LogP contribution in [0.4, 0.5) is 16.2 Å². The van der Waals surface area contributed by atoms with Crippen molar-refractivity contribution in [3.8, 4) is 5.75 Å². The molecule has 2 saturated heterocycles. The maximum absolute atomic E-state index is 13.5. The van der Waals surface area contributed by atoms with Gasteiger partial charge in [0.15, 0.2) is 0 Å². The van der Waals surface area contributed by atoms with Gasteiger partial charge in [-0.2, -0.15) is 0 Å². The first-order chi connectivity index (χ1) is 18.9. The molecule has 4 amide bonds. The molecular weight excluding hydrogens is 518 g/mol. The Hall–Kier alpha value is -3.57. The molecule has 1 aromatic heterocycles. The quantitative estimate of drug-likeness (QED) is 0.532. The summed E-state index contributed by atoms with van der Waals surface area (Å²) in [6.07, 6.45) is 5.49. The number of ether oxygens (including phenoxy) is 2. The van der Waals surface area contributed by atoms with Crippen LogP contribution in [0.25, 0.3) is 0 Å². The molecule has 6 rings (SSSR count). The Labute approximate surface area is 231 Å². The minimum Gasteiger partial charge on any atom is -0.490 e. The summed E-state index contributed by atoms with van der Waals surface area (Å²) in [7, 11) is 0. The van der Waals surface area contributed by atoms with E-state index < -0.39 is 11.3 Å². The number of urea groups is 1. The second-order valence-corrected chi connectivity index (χ2v) is 11.3. The Balaban J connectivity index is 1.21. The summed E-state index contributed by atoms with van der Waals surface area (Å²) in [6.45, 7) is 7.93. The van der Waals surface area contributed by atoms with Crippen LogP contribution in [0.3, 0.4) is 0 Å². The molecule has 4 aliphatic rings. The zero-order valence-corrected chi connectivity index (χ0v) is 22.5. The fourth-order valence-corrected chi connectivity index (χ4v) is 6.93. The number of hydrogen-bond donors (Lipinski definition) is 2. The van der Waals surface area contributed by atoms with E-state index in [1.807, 2.05) is 31.2 Å². The second kappa shape index (κ2) is 10.5. The van der Waals surface area contributed by atoms with Gasteiger partial charge < -0.3 is 25.0 Å². The van der Waals surface area contributed by atoms with E-state index in [0.29, 0.717) is 32.7 Å². The van der Waals surface area contributed by atoms with E-state index >= 15 is 0 Å². The number of carbonyl (C=O) groups is 3. The van der Waals surface area contributed by atoms with Crippen molar-refractivity contribution < 1.29 is 23.9 Å². The summed E-state index contributed by atoms with van der Waals surface area (Å²) in [5, 5.41) is 6.32. The van der Waals surface area contributed by atoms with Crippen LogP contribution < -0.4 is 20.3 Å². The highest BCUT2D eigenvalue weighted by molar-refractivity contribution is 8.01. The molecule has 0 saturated carbocycles. The molecule has 5 heterocycles. The Morgan fingerprint density at radius 2 is 2.05 bits per heavy atom. The molecular formula is C28H31N5O5S. The lowest BCUT2D eigenvalue weighted by molar-refractivity contribution is -0.126. The molecule has 0 spiro atoms. The smallest absolute Gasteiger partial charge is 0.327 e. The van der Waals surface area contributed by atoms with E-state index in [-0.39, 0.29) is 30.0 Å². The molecule has 10 nitrogen and oxygen atoms in total. The number of pyridine rings is 1. The predicted molar refractivity (Wildman–Crippen MR) is 146 cm³/mol. The van der Waals surface area contributed by atoms with Gasteiger partial charge in [0.05, 0.1) is 30.6 Å². The number of nitrogens with one attached hydrogen (secondary N) is 2. The summed E-state index contributed by atoms with van der Waals surface area (Å²) in [5.74, 6) is 0.457. The van der Waals surface area contributed by atoms with Crippen LogP contribution >= 0.6 is 11.8 Å². The van der Waals surface area contributed by atoms with Crippen molar-refractivity contribution in [3.63, 3.8) is 0 Å². The van der Waals surface area contributed by atoms with Crippen LogP contribution in [-0.4, -0.2) is 71.4 Å². The van der Waals surface area contributed by atoms with Crippen LogP contribution in [0.2, 0.25) is 0 Å². The number of aromatic nitrogens is 1. The van der Waals surface area contributed by atoms with Gasteiger partial charge in [0.2, 0.25) is 11.8 Å². The Kier molecular flexibility index (Phi) is 6.94. The molecule has 2 N–H and O–H groups in total. The normalized spacial score (nSPS) is 24.2. The summed E-state index contributed by atoms with van der Waals surface area (Å²) < 4.78 is 11.6. The van der Waals surface area contributed by atoms with Gasteiger partial charge in [-0.1, -0.05) is 18.3 Å². The Morgan fingerprint density at radius 1 is 1.23 bits per heavy atom. The van der Waals surface area contributed by atoms with Gasteiger partial charge in [0.1, 0.15) is 22.1 Å². The fraction of sp³-hybridized carbons (Fsp3) is 0.429. The van der Waals surface area contributed by atoms with Crippen molar-refractivity contribution in [3.05, 3.63) is 54.2 Å². The van der Waals surface area contributed by atoms with Gasteiger partial charge in [0, 0.05) is 43.7 Å². The van der Waals surface area contributed by atoms with E-state index in [0.717, 1.165) is 46.1 Å². The molecule has 3 atom stereocenters. The van der Waals surface area contributed by atoms with Gasteiger partial charge >= 0.3 is 6.03 Å². The number of amides is 4. The van der Waals surface area contributed by atoms with Crippen molar-refractivity contribution in [1.29, 1.82) is 0 Å². The van der Waals surface area contributed by atoms with Crippen molar-refractivity contribution >= 4 is 41.0 Å². The summed E-state index contributed by atoms with van der Waals surface area (Å²) in [5.41, 5.74) is 3.22. The number of anilines is 2. The van der Waals surface area contributed by atoms with Gasteiger partial charge in [-0.25, -0.2) is 9.78 Å². The van der Waals surface area contributed by atoms with Crippen molar-refractivity contribution in [2.24, 2.45) is 0 Å². The van der Waals surface area contributed by atoms with Crippen LogP contribution in [0, 0.1) is 6.92 Å². The van der Waals surface area contributed by atoms with E-state index in [4.69, 9.17) is 9.47 Å². The monoisotopic (exact) mass is 549 g/mol. The van der Waals surface area contributed by atoms with Gasteiger partial charge in [-0.3, -0.25) is 14.5 Å². The first-order valence-electron chi connectivity index (χ1n) is 13.3. The van der Waals surface area contributed by atoms with Gasteiger partial charge in [-0.15, -0.1) is 0 Å². The number of benzene rings is 1. The number of hydrogen-bond acceptors (Lipinski definition) is 7. The van der Waals surface area contributed by atoms with Crippen LogP contribution in [0.1, 0.15) is 36.4 Å². The van der Waals surface area contributed by atoms with Crippen LogP contribution in [0.5, 0.6) is 5.75 Å². The number of aryl methyl sites for hydroxylation is 1. The molecule has 0 radical (unpaired) electrons. The maximum atomic E-state index is 13.5. The number of nitrogens with zero attached hydrogens (tertiary/aromatic N) is 3. The summed E-state index contributed by atoms with van der Waals surface area (Å²) in [6, 6.07) is 6.64. The zero-order chi connectivity index (χ0) is 27.1. The first-order valence-corrected chi connectivity index (χ1v) is 14.1. The average Bonchev–Trinajstić information content (AvgIpc) is 3.55. The Morgan fingerprint density at radius 3 is 2.82 bits per heavy atom. The third-order valence-corrected chi connectivity index (χ3v) is 8.95. The number of thioether (sulfide) groups is 1. The van der Waals surface area contributed by atoms with Crippen LogP contribution in [-0.2, 0) is 14.3 Å². The minimum atomic E-state index is -0.555. The SMILES string of the molecule is C=CC(=O)N1CCC(NC(=O)[C@@H]2Sc3nccc4c3C2NC(=O)N4c2ccc(OC3CCOCC3)cc2C)C1. The Bertz CT molecular complexity index is 1330. The number of likely N-dealkylation sites (tertiary alicyclic amines) is 1. The molecule has 204 valence electrons. The lowest BCUT2D eigenvalue weighted by atomic mass is 9.99. The topological polar surface area (TPSA) is 113 Å². The third-order valence-electron chi connectivity index (χ3n) is 7.67. The highest BCUT2D eigenvalue weighted by atomic mass is 32.2. The second-order valence-electron chi connectivity index (χ2n) is 10.2. The van der Waals surface area contributed by atoms with Crippen molar-refractivity contribution in [2.45, 2.75) is 54.6 Å². The summed E-state index contributed by atoms with van der Waals surface area (Å²) >= 11 is 1.36. The molecule has 11 heteroatoms. The number of rotatable bonds is 6. The zero-order valence-electron chi connectivity index (χ0n) is 21.7. The third kappa shape index (κ3) is 4.85. The van der Waals surface area contributed by atoms with Gasteiger partial charge in [0.25, 0.3) is 0 Å². The average molecular weight is 550 g/mol. The van der Waals surface area contributed by atoms with Crippen molar-refractivity contribution in [2.75, 3.05) is 31.2 Å². The van der Waals surface area contributed by atoms with Crippen molar-refractivity contribution in [1.82, 2.24) is 20.5 Å². The van der Waals surface area contributed by atoms with E-state index in [1.165, 1.54) is 17.8 Å². The fourth-order valence-electron chi connectivity index (χ4n) is 5.69.